The quantitative estimate of drug-likeness (QED) is 0.228. The highest BCUT2D eigenvalue weighted by Gasteiger charge is 2.07. The molecule has 0 radical (unpaired) electrons. The smallest absolute Gasteiger partial charge is 0.182 e. The van der Waals surface area contributed by atoms with Crippen LogP contribution in [0.1, 0.15) is 11.1 Å². The van der Waals surface area contributed by atoms with Crippen molar-refractivity contribution in [2.24, 2.45) is 0 Å². The van der Waals surface area contributed by atoms with E-state index in [2.05, 4.69) is 0 Å². The van der Waals surface area contributed by atoms with Gasteiger partial charge in [-0.25, -0.2) is 0 Å². The number of methoxy groups -OCH3 is 2. The third-order valence-electron chi connectivity index (χ3n) is 3.65. The van der Waals surface area contributed by atoms with Crippen molar-refractivity contribution in [3.8, 4) is 23.0 Å². The van der Waals surface area contributed by atoms with Crippen LogP contribution in [-0.2, 0) is 4.79 Å². The Bertz CT molecular complexity index is 960. The fourth-order valence-electron chi connectivity index (χ4n) is 2.25. The normalized spacial score (nSPS) is 11.9. The molecule has 0 aliphatic heterocycles. The number of ketones is 1. The highest BCUT2D eigenvalue weighted by Crippen LogP contribution is 2.32. The lowest BCUT2D eigenvalue weighted by Gasteiger charge is -2.06. The number of ether oxygens (including phenoxy) is 2. The van der Waals surface area contributed by atoms with Crippen molar-refractivity contribution in [2.45, 2.75) is 0 Å². The fraction of sp³-hybridized carbons (Fsp3) is 0.0952. The summed E-state index contributed by atoms with van der Waals surface area (Å²) in [4.78, 5) is 12.0. The van der Waals surface area contributed by atoms with Gasteiger partial charge in [0.25, 0.3) is 0 Å². The van der Waals surface area contributed by atoms with Crippen molar-refractivity contribution < 1.29 is 29.6 Å². The molecule has 0 heterocycles. The van der Waals surface area contributed by atoms with Gasteiger partial charge in [0.2, 0.25) is 0 Å². The number of halogens is 1. The van der Waals surface area contributed by atoms with E-state index in [1.165, 1.54) is 32.4 Å². The molecule has 0 spiro atoms. The van der Waals surface area contributed by atoms with Crippen LogP contribution in [-0.4, -0.2) is 35.3 Å². The second-order valence-corrected chi connectivity index (χ2v) is 6.79. The lowest BCUT2D eigenvalue weighted by molar-refractivity contribution is -0.110. The number of carbonyl (C=O) groups is 1. The molecule has 0 saturated carbocycles. The summed E-state index contributed by atoms with van der Waals surface area (Å²) < 4.78 is 10.7. The number of carbonyl (C=O) groups excluding carboxylic acids is 1. The molecule has 0 aliphatic rings. The van der Waals surface area contributed by atoms with Crippen molar-refractivity contribution in [3.05, 3.63) is 69.0 Å². The molecule has 6 nitrogen and oxygen atoms in total. The topological polar surface area (TPSA) is 96.2 Å². The molecule has 146 valence electrons. The zero-order valence-corrected chi connectivity index (χ0v) is 17.4. The first-order valence-electron chi connectivity index (χ1n) is 8.08. The van der Waals surface area contributed by atoms with Gasteiger partial charge in [-0.3, -0.25) is 4.79 Å². The highest BCUT2D eigenvalue weighted by molar-refractivity contribution is 14.1. The van der Waals surface area contributed by atoms with E-state index in [1.807, 2.05) is 22.6 Å². The molecular weight excluding hydrogens is 475 g/mol. The lowest BCUT2D eigenvalue weighted by Crippen LogP contribution is -1.90. The molecule has 0 aliphatic carbocycles. The van der Waals surface area contributed by atoms with Gasteiger partial charge in [0.1, 0.15) is 5.76 Å². The highest BCUT2D eigenvalue weighted by atomic mass is 127. The summed E-state index contributed by atoms with van der Waals surface area (Å²) in [7, 11) is 2.89. The van der Waals surface area contributed by atoms with Crippen LogP contribution < -0.4 is 9.47 Å². The number of hydrogen-bond donors (Lipinski definition) is 3. The molecule has 3 N–H and O–H groups in total. The molecule has 28 heavy (non-hydrogen) atoms. The minimum atomic E-state index is -0.410. The van der Waals surface area contributed by atoms with E-state index >= 15 is 0 Å². The third kappa shape index (κ3) is 5.78. The molecule has 0 atom stereocenters. The summed E-state index contributed by atoms with van der Waals surface area (Å²) in [5.41, 5.74) is 1.36. The van der Waals surface area contributed by atoms with Crippen molar-refractivity contribution >= 4 is 40.5 Å². The van der Waals surface area contributed by atoms with E-state index in [0.29, 0.717) is 26.2 Å². The summed E-state index contributed by atoms with van der Waals surface area (Å²) in [6.45, 7) is 0. The molecule has 0 unspecified atom stereocenters. The Kier molecular flexibility index (Phi) is 7.51. The van der Waals surface area contributed by atoms with Gasteiger partial charge in [0.05, 0.1) is 17.8 Å². The standard InChI is InChI=1S/C21H19IO6/c1-27-19-10-13(5-8-18(19)25)3-6-15(23)12-16(24)7-4-14-9-17(22)21(26)20(11-14)28-2/h3-12,24-26H,1-2H3/b6-3+,7-4+,16-12?. The average molecular weight is 494 g/mol. The predicted octanol–water partition coefficient (Wildman–Crippen LogP) is 4.46. The van der Waals surface area contributed by atoms with E-state index in [0.717, 1.165) is 6.08 Å². The number of aliphatic hydroxyl groups is 1. The average Bonchev–Trinajstić information content (AvgIpc) is 2.68. The van der Waals surface area contributed by atoms with Crippen LogP contribution >= 0.6 is 22.6 Å². The Balaban J connectivity index is 2.09. The van der Waals surface area contributed by atoms with Crippen molar-refractivity contribution in [1.82, 2.24) is 0 Å². The van der Waals surface area contributed by atoms with E-state index in [-0.39, 0.29) is 17.3 Å². The first-order chi connectivity index (χ1) is 13.3. The van der Waals surface area contributed by atoms with E-state index in [1.54, 1.807) is 36.4 Å². The number of phenolic OH excluding ortho intramolecular Hbond substituents is 2. The molecule has 0 saturated heterocycles. The molecule has 0 fully saturated rings. The molecule has 0 amide bonds. The summed E-state index contributed by atoms with van der Waals surface area (Å²) in [6.07, 6.45) is 6.88. The van der Waals surface area contributed by atoms with Crippen LogP contribution in [0.5, 0.6) is 23.0 Å². The number of phenols is 2. The minimum absolute atomic E-state index is 0.00850. The zero-order chi connectivity index (χ0) is 20.7. The van der Waals surface area contributed by atoms with Gasteiger partial charge >= 0.3 is 0 Å². The Hall–Kier alpha value is -2.94. The molecule has 2 aromatic rings. The largest absolute Gasteiger partial charge is 0.508 e. The van der Waals surface area contributed by atoms with Gasteiger partial charge in [-0.2, -0.15) is 0 Å². The minimum Gasteiger partial charge on any atom is -0.508 e. The van der Waals surface area contributed by atoms with Crippen LogP contribution in [0.15, 0.2) is 54.3 Å². The fourth-order valence-corrected chi connectivity index (χ4v) is 2.87. The number of benzene rings is 2. The van der Waals surface area contributed by atoms with E-state index in [4.69, 9.17) is 9.47 Å². The molecule has 7 heteroatoms. The SMILES string of the molecule is COc1cc(/C=C/C(=O)C=C(O)/C=C/c2cc(I)c(O)c(OC)c2)ccc1O. The Morgan fingerprint density at radius 2 is 1.61 bits per heavy atom. The number of aliphatic hydroxyl groups excluding tert-OH is 1. The maximum absolute atomic E-state index is 12.0. The van der Waals surface area contributed by atoms with Gasteiger partial charge in [-0.1, -0.05) is 18.2 Å². The number of allylic oxidation sites excluding steroid dienone is 3. The summed E-state index contributed by atoms with van der Waals surface area (Å²) >= 11 is 1.97. The van der Waals surface area contributed by atoms with Crippen LogP contribution in [0.25, 0.3) is 12.2 Å². The maximum atomic E-state index is 12.0. The van der Waals surface area contributed by atoms with E-state index < -0.39 is 5.78 Å². The van der Waals surface area contributed by atoms with E-state index in [9.17, 15) is 20.1 Å². The van der Waals surface area contributed by atoms with Gasteiger partial charge in [-0.15, -0.1) is 0 Å². The first-order valence-corrected chi connectivity index (χ1v) is 9.16. The summed E-state index contributed by atoms with van der Waals surface area (Å²) in [5, 5.41) is 29.3. The first kappa shape index (κ1) is 21.4. The predicted molar refractivity (Wildman–Crippen MR) is 116 cm³/mol. The molecule has 2 aromatic carbocycles. The Morgan fingerprint density at radius 1 is 0.964 bits per heavy atom. The molecular formula is C21H19IO6. The number of hydrogen-bond acceptors (Lipinski definition) is 6. The van der Waals surface area contributed by atoms with Gasteiger partial charge in [0, 0.05) is 6.08 Å². The van der Waals surface area contributed by atoms with Crippen LogP contribution in [0.4, 0.5) is 0 Å². The molecule has 0 bridgehead atoms. The second kappa shape index (κ2) is 9.84. The van der Waals surface area contributed by atoms with Crippen LogP contribution in [0, 0.1) is 3.57 Å². The molecule has 2 rings (SSSR count). The third-order valence-corrected chi connectivity index (χ3v) is 4.47. The lowest BCUT2D eigenvalue weighted by atomic mass is 10.1. The monoisotopic (exact) mass is 494 g/mol. The van der Waals surface area contributed by atoms with Crippen molar-refractivity contribution in [3.63, 3.8) is 0 Å². The van der Waals surface area contributed by atoms with Crippen LogP contribution in [0.3, 0.4) is 0 Å². The van der Waals surface area contributed by atoms with Gasteiger partial charge in [-0.05, 0) is 70.1 Å². The Morgan fingerprint density at radius 3 is 2.29 bits per heavy atom. The van der Waals surface area contributed by atoms with Crippen LogP contribution in [0.2, 0.25) is 0 Å². The zero-order valence-electron chi connectivity index (χ0n) is 15.2. The summed E-state index contributed by atoms with van der Waals surface area (Å²) in [6, 6.07) is 8.00. The molecule has 0 aromatic heterocycles. The second-order valence-electron chi connectivity index (χ2n) is 5.62. The van der Waals surface area contributed by atoms with Gasteiger partial charge in [0.15, 0.2) is 28.8 Å². The summed E-state index contributed by atoms with van der Waals surface area (Å²) in [5.74, 6) is 0.0423. The van der Waals surface area contributed by atoms with Crippen molar-refractivity contribution in [1.29, 1.82) is 0 Å². The van der Waals surface area contributed by atoms with Gasteiger partial charge < -0.3 is 24.8 Å². The maximum Gasteiger partial charge on any atom is 0.182 e. The van der Waals surface area contributed by atoms with Crippen molar-refractivity contribution in [2.75, 3.05) is 14.2 Å². The number of aromatic hydroxyl groups is 2. The Labute approximate surface area is 176 Å². The number of rotatable bonds is 7.